The van der Waals surface area contributed by atoms with Gasteiger partial charge >= 0.3 is 0 Å². The molecule has 5 heteroatoms. The van der Waals surface area contributed by atoms with Crippen LogP contribution in [0.25, 0.3) is 0 Å². The van der Waals surface area contributed by atoms with Crippen molar-refractivity contribution in [3.8, 4) is 0 Å². The highest BCUT2D eigenvalue weighted by atomic mass is 16.5. The van der Waals surface area contributed by atoms with Crippen molar-refractivity contribution in [3.63, 3.8) is 0 Å². The second-order valence-corrected chi connectivity index (χ2v) is 5.45. The van der Waals surface area contributed by atoms with E-state index in [1.54, 1.807) is 0 Å². The summed E-state index contributed by atoms with van der Waals surface area (Å²) < 4.78 is 5.33. The molecule has 0 aromatic carbocycles. The Bertz CT molecular complexity index is 275. The first-order valence-electron chi connectivity index (χ1n) is 6.98. The molecule has 104 valence electrons. The number of morpholine rings is 1. The Morgan fingerprint density at radius 2 is 2.06 bits per heavy atom. The quantitative estimate of drug-likeness (QED) is 0.707. The normalized spacial score (nSPS) is 25.2. The predicted molar refractivity (Wildman–Crippen MR) is 70.4 cm³/mol. The molecule has 0 aromatic rings. The standard InChI is InChI=1S/C13H25N3O2/c1-10(16-3-5-18-6-4-16)7-15-13(17)11(2)12-8-14-9-12/h10-12,14H,3-9H2,1-2H3,(H,15,17). The zero-order valence-corrected chi connectivity index (χ0v) is 11.4. The molecule has 2 aliphatic heterocycles. The van der Waals surface area contributed by atoms with Crippen LogP contribution in [0.1, 0.15) is 13.8 Å². The zero-order valence-electron chi connectivity index (χ0n) is 11.4. The van der Waals surface area contributed by atoms with Crippen molar-refractivity contribution < 1.29 is 9.53 Å². The van der Waals surface area contributed by atoms with Gasteiger partial charge in [0.2, 0.25) is 5.91 Å². The van der Waals surface area contributed by atoms with Crippen LogP contribution in [-0.2, 0) is 9.53 Å². The van der Waals surface area contributed by atoms with Gasteiger partial charge in [0, 0.05) is 31.6 Å². The molecule has 2 heterocycles. The van der Waals surface area contributed by atoms with E-state index in [-0.39, 0.29) is 11.8 Å². The summed E-state index contributed by atoms with van der Waals surface area (Å²) in [7, 11) is 0. The first-order valence-corrected chi connectivity index (χ1v) is 6.98. The van der Waals surface area contributed by atoms with Crippen LogP contribution in [-0.4, -0.2) is 62.8 Å². The molecule has 5 nitrogen and oxygen atoms in total. The molecular formula is C13H25N3O2. The monoisotopic (exact) mass is 255 g/mol. The van der Waals surface area contributed by atoms with Crippen LogP contribution in [0, 0.1) is 11.8 Å². The molecule has 2 aliphatic rings. The van der Waals surface area contributed by atoms with Crippen LogP contribution in [0.3, 0.4) is 0 Å². The number of ether oxygens (including phenoxy) is 1. The van der Waals surface area contributed by atoms with Crippen LogP contribution in [0.15, 0.2) is 0 Å². The van der Waals surface area contributed by atoms with E-state index in [2.05, 4.69) is 22.5 Å². The molecule has 0 aliphatic carbocycles. The smallest absolute Gasteiger partial charge is 0.223 e. The largest absolute Gasteiger partial charge is 0.379 e. The Labute approximate surface area is 109 Å². The Kier molecular flexibility index (Phi) is 4.97. The van der Waals surface area contributed by atoms with Crippen LogP contribution in [0.4, 0.5) is 0 Å². The molecule has 1 amide bonds. The van der Waals surface area contributed by atoms with E-state index in [4.69, 9.17) is 4.74 Å². The lowest BCUT2D eigenvalue weighted by molar-refractivity contribution is -0.127. The number of nitrogens with zero attached hydrogens (tertiary/aromatic N) is 1. The van der Waals surface area contributed by atoms with Gasteiger partial charge in [0.15, 0.2) is 0 Å². The fourth-order valence-corrected chi connectivity index (χ4v) is 2.44. The third-order valence-corrected chi connectivity index (χ3v) is 4.17. The number of nitrogens with one attached hydrogen (secondary N) is 2. The highest BCUT2D eigenvalue weighted by molar-refractivity contribution is 5.78. The molecule has 2 fully saturated rings. The Morgan fingerprint density at radius 3 is 2.61 bits per heavy atom. The maximum Gasteiger partial charge on any atom is 0.223 e. The lowest BCUT2D eigenvalue weighted by atomic mass is 9.88. The van der Waals surface area contributed by atoms with Gasteiger partial charge in [0.1, 0.15) is 0 Å². The van der Waals surface area contributed by atoms with Crippen LogP contribution < -0.4 is 10.6 Å². The van der Waals surface area contributed by atoms with Gasteiger partial charge in [-0.15, -0.1) is 0 Å². The molecule has 0 bridgehead atoms. The summed E-state index contributed by atoms with van der Waals surface area (Å²) in [4.78, 5) is 14.4. The van der Waals surface area contributed by atoms with E-state index in [1.807, 2.05) is 6.92 Å². The molecule has 2 saturated heterocycles. The van der Waals surface area contributed by atoms with Gasteiger partial charge in [-0.2, -0.15) is 0 Å². The summed E-state index contributed by atoms with van der Waals surface area (Å²) in [6, 6.07) is 0.393. The number of hydrogen-bond donors (Lipinski definition) is 2. The minimum atomic E-state index is 0.128. The fraction of sp³-hybridized carbons (Fsp3) is 0.923. The van der Waals surface area contributed by atoms with E-state index < -0.39 is 0 Å². The Balaban J connectivity index is 1.67. The van der Waals surface area contributed by atoms with Gasteiger partial charge in [-0.1, -0.05) is 6.92 Å². The lowest BCUT2D eigenvalue weighted by Crippen LogP contribution is -2.52. The summed E-state index contributed by atoms with van der Waals surface area (Å²) >= 11 is 0. The van der Waals surface area contributed by atoms with Gasteiger partial charge in [0.05, 0.1) is 13.2 Å². The highest BCUT2D eigenvalue weighted by Crippen LogP contribution is 2.15. The number of amides is 1. The minimum absolute atomic E-state index is 0.128. The molecule has 0 saturated carbocycles. The molecule has 0 radical (unpaired) electrons. The molecule has 0 aromatic heterocycles. The van der Waals surface area contributed by atoms with Crippen LogP contribution in [0.2, 0.25) is 0 Å². The average Bonchev–Trinajstić information content (AvgIpc) is 2.34. The van der Waals surface area contributed by atoms with Gasteiger partial charge in [0.25, 0.3) is 0 Å². The van der Waals surface area contributed by atoms with E-state index in [0.717, 1.165) is 45.9 Å². The second-order valence-electron chi connectivity index (χ2n) is 5.45. The van der Waals surface area contributed by atoms with Gasteiger partial charge < -0.3 is 15.4 Å². The molecule has 2 unspecified atom stereocenters. The predicted octanol–water partition coefficient (Wildman–Crippen LogP) is -0.321. The van der Waals surface area contributed by atoms with Crippen molar-refractivity contribution in [2.75, 3.05) is 45.9 Å². The van der Waals surface area contributed by atoms with Crippen molar-refractivity contribution in [2.45, 2.75) is 19.9 Å². The SMILES string of the molecule is CC(C(=O)NCC(C)N1CCOCC1)C1CNC1. The molecular weight excluding hydrogens is 230 g/mol. The summed E-state index contributed by atoms with van der Waals surface area (Å²) in [5.74, 6) is 0.841. The molecule has 2 atom stereocenters. The van der Waals surface area contributed by atoms with Gasteiger partial charge in [-0.3, -0.25) is 9.69 Å². The molecule has 2 N–H and O–H groups in total. The summed E-state index contributed by atoms with van der Waals surface area (Å²) in [6.07, 6.45) is 0. The summed E-state index contributed by atoms with van der Waals surface area (Å²) in [6.45, 7) is 10.5. The molecule has 2 rings (SSSR count). The van der Waals surface area contributed by atoms with Crippen molar-refractivity contribution in [2.24, 2.45) is 11.8 Å². The van der Waals surface area contributed by atoms with Crippen molar-refractivity contribution in [3.05, 3.63) is 0 Å². The van der Waals surface area contributed by atoms with E-state index in [9.17, 15) is 4.79 Å². The Hall–Kier alpha value is -0.650. The van der Waals surface area contributed by atoms with Gasteiger partial charge in [-0.25, -0.2) is 0 Å². The van der Waals surface area contributed by atoms with Gasteiger partial charge in [-0.05, 0) is 25.9 Å². The van der Waals surface area contributed by atoms with E-state index in [0.29, 0.717) is 12.0 Å². The third-order valence-electron chi connectivity index (χ3n) is 4.17. The number of hydrogen-bond acceptors (Lipinski definition) is 4. The Morgan fingerprint density at radius 1 is 1.39 bits per heavy atom. The zero-order chi connectivity index (χ0) is 13.0. The van der Waals surface area contributed by atoms with Crippen molar-refractivity contribution in [1.82, 2.24) is 15.5 Å². The second kappa shape index (κ2) is 6.50. The third kappa shape index (κ3) is 3.43. The number of rotatable bonds is 5. The maximum atomic E-state index is 12.0. The minimum Gasteiger partial charge on any atom is -0.379 e. The number of carbonyl (C=O) groups is 1. The first-order chi connectivity index (χ1) is 8.68. The van der Waals surface area contributed by atoms with Crippen LogP contribution in [0.5, 0.6) is 0 Å². The molecule has 0 spiro atoms. The highest BCUT2D eigenvalue weighted by Gasteiger charge is 2.29. The van der Waals surface area contributed by atoms with Crippen molar-refractivity contribution in [1.29, 1.82) is 0 Å². The lowest BCUT2D eigenvalue weighted by Gasteiger charge is -2.34. The number of carbonyl (C=O) groups excluding carboxylic acids is 1. The van der Waals surface area contributed by atoms with Crippen LogP contribution >= 0.6 is 0 Å². The first kappa shape index (κ1) is 13.8. The molecule has 18 heavy (non-hydrogen) atoms. The van der Waals surface area contributed by atoms with E-state index >= 15 is 0 Å². The summed E-state index contributed by atoms with van der Waals surface area (Å²) in [5, 5.41) is 6.29. The van der Waals surface area contributed by atoms with E-state index in [1.165, 1.54) is 0 Å². The summed E-state index contributed by atoms with van der Waals surface area (Å²) in [5.41, 5.74) is 0. The fourth-order valence-electron chi connectivity index (χ4n) is 2.44. The topological polar surface area (TPSA) is 53.6 Å². The van der Waals surface area contributed by atoms with Crippen molar-refractivity contribution >= 4 is 5.91 Å². The maximum absolute atomic E-state index is 12.0. The average molecular weight is 255 g/mol.